The van der Waals surface area contributed by atoms with E-state index in [1.54, 1.807) is 19.0 Å². The SMILES string of the molecule is [B]=C1C(C(N)=O)=C(O)[C@@H](N(C)C)[C@@H]2C[C@@H]3Cc4c(ccc(CN(CC)CC(C)C)c4N(C)C)C(O)=C3C(=O)[C@]12O. The van der Waals surface area contributed by atoms with Crippen molar-refractivity contribution in [3.8, 4) is 0 Å². The molecule has 5 N–H and O–H groups in total. The van der Waals surface area contributed by atoms with Gasteiger partial charge in [-0.1, -0.05) is 20.8 Å². The number of nitrogens with zero attached hydrogens (tertiary/aromatic N) is 3. The van der Waals surface area contributed by atoms with Crippen LogP contribution in [-0.2, 0) is 22.6 Å². The molecule has 10 heteroatoms. The van der Waals surface area contributed by atoms with E-state index in [2.05, 4.69) is 30.6 Å². The molecule has 4 atom stereocenters. The summed E-state index contributed by atoms with van der Waals surface area (Å²) < 4.78 is 0. The average molecular weight is 550 g/mol. The molecule has 3 aliphatic carbocycles. The second-order valence-electron chi connectivity index (χ2n) is 12.3. The van der Waals surface area contributed by atoms with Gasteiger partial charge in [-0.25, -0.2) is 0 Å². The molecule has 0 aliphatic heterocycles. The number of carbonyl (C=O) groups excluding carboxylic acids is 2. The first-order valence-corrected chi connectivity index (χ1v) is 13.9. The Kier molecular flexibility index (Phi) is 8.11. The van der Waals surface area contributed by atoms with Crippen molar-refractivity contribution in [1.82, 2.24) is 9.80 Å². The summed E-state index contributed by atoms with van der Waals surface area (Å²) in [6.07, 6.45) is 0.726. The quantitative estimate of drug-likeness (QED) is 0.360. The number of Topliss-reactive ketones (excluding diaryl/α,β-unsaturated/α-hetero) is 1. The Morgan fingerprint density at radius 2 is 1.85 bits per heavy atom. The molecule has 0 bridgehead atoms. The Morgan fingerprint density at radius 3 is 2.38 bits per heavy atom. The second-order valence-corrected chi connectivity index (χ2v) is 12.3. The molecule has 1 fully saturated rings. The van der Waals surface area contributed by atoms with Crippen LogP contribution in [0, 0.1) is 17.8 Å². The molecule has 0 heterocycles. The van der Waals surface area contributed by atoms with Crippen molar-refractivity contribution in [1.29, 1.82) is 0 Å². The van der Waals surface area contributed by atoms with Crippen LogP contribution in [0.3, 0.4) is 0 Å². The van der Waals surface area contributed by atoms with E-state index in [-0.39, 0.29) is 23.5 Å². The zero-order valence-corrected chi connectivity index (χ0v) is 24.7. The molecule has 1 aromatic carbocycles. The minimum absolute atomic E-state index is 0.101. The summed E-state index contributed by atoms with van der Waals surface area (Å²) in [6, 6.07) is 2.97. The van der Waals surface area contributed by atoms with Crippen molar-refractivity contribution in [2.45, 2.75) is 51.8 Å². The molecular formula is C30H42BN4O5. The van der Waals surface area contributed by atoms with Crippen LogP contribution in [0.2, 0.25) is 0 Å². The summed E-state index contributed by atoms with van der Waals surface area (Å²) in [4.78, 5) is 32.5. The molecule has 215 valence electrons. The number of ketones is 1. The number of fused-ring (bicyclic) bond motifs is 3. The van der Waals surface area contributed by atoms with E-state index in [0.717, 1.165) is 36.4 Å². The van der Waals surface area contributed by atoms with Gasteiger partial charge in [0.05, 0.1) is 0 Å². The molecule has 0 unspecified atom stereocenters. The van der Waals surface area contributed by atoms with E-state index < -0.39 is 46.2 Å². The molecule has 4 rings (SSSR count). The molecule has 1 amide bonds. The van der Waals surface area contributed by atoms with E-state index >= 15 is 0 Å². The van der Waals surface area contributed by atoms with E-state index in [1.807, 2.05) is 26.2 Å². The number of anilines is 1. The van der Waals surface area contributed by atoms with Gasteiger partial charge in [0.1, 0.15) is 0 Å². The Labute approximate surface area is 238 Å². The fourth-order valence-corrected chi connectivity index (χ4v) is 7.10. The summed E-state index contributed by atoms with van der Waals surface area (Å²) >= 11 is 0. The molecule has 40 heavy (non-hydrogen) atoms. The standard InChI is InChI=1S/C30H42BN4O5/c1-8-35(13-15(2)3)14-16-9-10-18-19(23(16)33(4)5)11-17-12-20-24(34(6)7)26(37)22(29(32)39)27(31)30(20,40)28(38)21(17)25(18)36/h9-10,15,17,20,24,36-37,40H,8,11-14H2,1-7H3,(H2,32,39)/t17-,20-,24-,30+/m0/s1. The average Bonchev–Trinajstić information content (AvgIpc) is 2.84. The van der Waals surface area contributed by atoms with Gasteiger partial charge in [0.2, 0.25) is 0 Å². The van der Waals surface area contributed by atoms with Crippen LogP contribution in [0.1, 0.15) is 43.9 Å². The van der Waals surface area contributed by atoms with Crippen LogP contribution in [0.4, 0.5) is 5.69 Å². The second kappa shape index (κ2) is 10.8. The number of hydrogen-bond donors (Lipinski definition) is 4. The molecule has 0 saturated heterocycles. The summed E-state index contributed by atoms with van der Waals surface area (Å²) in [5.74, 6) is -3.07. The molecule has 0 spiro atoms. The normalized spacial score (nSPS) is 26.4. The number of aliphatic hydroxyl groups is 3. The zero-order valence-electron chi connectivity index (χ0n) is 24.7. The van der Waals surface area contributed by atoms with Crippen molar-refractivity contribution < 1.29 is 24.9 Å². The third-order valence-corrected chi connectivity index (χ3v) is 8.71. The zero-order chi connectivity index (χ0) is 29.8. The molecule has 1 saturated carbocycles. The van der Waals surface area contributed by atoms with Crippen LogP contribution in [0.15, 0.2) is 29.0 Å². The van der Waals surface area contributed by atoms with Crippen LogP contribution < -0.4 is 10.6 Å². The van der Waals surface area contributed by atoms with E-state index in [0.29, 0.717) is 17.9 Å². The van der Waals surface area contributed by atoms with Gasteiger partial charge in [-0.2, -0.15) is 0 Å². The summed E-state index contributed by atoms with van der Waals surface area (Å²) in [7, 11) is 13.6. The van der Waals surface area contributed by atoms with Crippen LogP contribution >= 0.6 is 0 Å². The van der Waals surface area contributed by atoms with E-state index in [9.17, 15) is 24.9 Å². The molecule has 3 aliphatic rings. The van der Waals surface area contributed by atoms with Crippen molar-refractivity contribution in [3.05, 3.63) is 45.7 Å². The fourth-order valence-electron chi connectivity index (χ4n) is 7.10. The summed E-state index contributed by atoms with van der Waals surface area (Å²) in [5, 5.41) is 34.5. The Balaban J connectivity index is 1.87. The van der Waals surface area contributed by atoms with Gasteiger partial charge in [0.15, 0.2) is 0 Å². The first-order valence-electron chi connectivity index (χ1n) is 13.9. The number of aliphatic hydroxyl groups excluding tert-OH is 2. The van der Waals surface area contributed by atoms with Crippen molar-refractivity contribution in [2.75, 3.05) is 46.2 Å². The minimum atomic E-state index is -2.30. The van der Waals surface area contributed by atoms with Crippen molar-refractivity contribution in [3.63, 3.8) is 0 Å². The van der Waals surface area contributed by atoms with Crippen molar-refractivity contribution >= 4 is 36.1 Å². The third-order valence-electron chi connectivity index (χ3n) is 8.71. The Bertz CT molecular complexity index is 1320. The summed E-state index contributed by atoms with van der Waals surface area (Å²) in [5.41, 5.74) is 6.05. The van der Waals surface area contributed by atoms with Gasteiger partial charge in [0, 0.05) is 0 Å². The number of hydrogen-bond acceptors (Lipinski definition) is 8. The van der Waals surface area contributed by atoms with Gasteiger partial charge >= 0.3 is 211 Å². The monoisotopic (exact) mass is 549 g/mol. The van der Waals surface area contributed by atoms with Gasteiger partial charge in [-0.15, -0.1) is 0 Å². The molecule has 0 aromatic heterocycles. The van der Waals surface area contributed by atoms with Crippen LogP contribution in [0.25, 0.3) is 5.76 Å². The number of likely N-dealkylation sites (N-methyl/N-ethyl adjacent to an activating group) is 1. The fraction of sp³-hybridized carbons (Fsp3) is 0.567. The molecular weight excluding hydrogens is 507 g/mol. The third kappa shape index (κ3) is 4.60. The maximum absolute atomic E-state index is 14.1. The van der Waals surface area contributed by atoms with E-state index in [1.165, 1.54) is 0 Å². The molecule has 1 aromatic rings. The molecule has 9 nitrogen and oxygen atoms in total. The van der Waals surface area contributed by atoms with E-state index in [4.69, 9.17) is 13.2 Å². The predicted octanol–water partition coefficient (Wildman–Crippen LogP) is 1.57. The van der Waals surface area contributed by atoms with Crippen molar-refractivity contribution in [2.24, 2.45) is 23.5 Å². The number of carbonyl (C=O) groups is 2. The number of nitrogens with two attached hydrogens (primary N) is 1. The van der Waals surface area contributed by atoms with Gasteiger partial charge in [-0.05, 0) is 5.92 Å². The maximum atomic E-state index is 14.1. The summed E-state index contributed by atoms with van der Waals surface area (Å²) in [6.45, 7) is 9.16. The first kappa shape index (κ1) is 30.0. The number of rotatable bonds is 8. The van der Waals surface area contributed by atoms with Gasteiger partial charge in [0.25, 0.3) is 0 Å². The number of benzene rings is 1. The van der Waals surface area contributed by atoms with Crippen LogP contribution in [-0.4, -0.2) is 103 Å². The van der Waals surface area contributed by atoms with Crippen LogP contribution in [0.5, 0.6) is 0 Å². The van der Waals surface area contributed by atoms with Gasteiger partial charge in [-0.3, -0.25) is 0 Å². The Morgan fingerprint density at radius 1 is 1.20 bits per heavy atom. The number of amides is 1. The molecule has 1 radical (unpaired) electrons. The topological polar surface area (TPSA) is 131 Å². The predicted molar refractivity (Wildman–Crippen MR) is 158 cm³/mol. The first-order chi connectivity index (χ1) is 18.7. The number of primary amides is 1. The Hall–Kier alpha value is -2.95. The van der Waals surface area contributed by atoms with Gasteiger partial charge < -0.3 is 0 Å².